The van der Waals surface area contributed by atoms with Gasteiger partial charge in [-0.1, -0.05) is 78.9 Å². The second kappa shape index (κ2) is 8.73. The second-order valence-corrected chi connectivity index (χ2v) is 10.1. The molecule has 0 bridgehead atoms. The highest BCUT2D eigenvalue weighted by molar-refractivity contribution is 6.12. The van der Waals surface area contributed by atoms with Crippen molar-refractivity contribution in [3.63, 3.8) is 0 Å². The largest absolute Gasteiger partial charge is 0.456 e. The number of benzene rings is 6. The standard InChI is InChI=1S/C37H22N2O/c1-38-28-15-19-35-33(22-28)32-21-27(26-11-7-10-25(20-26)24-8-3-2-4-9-24)14-18-34(32)39(35)29-16-17-31-30-12-5-6-13-36(30)40-37(31)23-29/h2-23H. The first-order chi connectivity index (χ1) is 19.8. The van der Waals surface area contributed by atoms with E-state index in [0.717, 1.165) is 60.6 Å². The van der Waals surface area contributed by atoms with E-state index < -0.39 is 0 Å². The lowest BCUT2D eigenvalue weighted by Gasteiger charge is -2.09. The second-order valence-electron chi connectivity index (χ2n) is 10.1. The summed E-state index contributed by atoms with van der Waals surface area (Å²) in [5.41, 5.74) is 10.3. The summed E-state index contributed by atoms with van der Waals surface area (Å²) in [7, 11) is 0. The molecular formula is C37H22N2O. The average molecular weight is 511 g/mol. The Labute approximate surface area is 231 Å². The Morgan fingerprint density at radius 3 is 2.00 bits per heavy atom. The molecule has 8 aromatic rings. The van der Waals surface area contributed by atoms with Crippen molar-refractivity contribution in [1.29, 1.82) is 0 Å². The predicted molar refractivity (Wildman–Crippen MR) is 165 cm³/mol. The van der Waals surface area contributed by atoms with E-state index in [2.05, 4.69) is 106 Å². The Kier molecular flexibility index (Phi) is 4.89. The van der Waals surface area contributed by atoms with Crippen molar-refractivity contribution < 1.29 is 4.42 Å². The molecule has 0 aliphatic heterocycles. The maximum Gasteiger partial charge on any atom is 0.188 e. The fourth-order valence-electron chi connectivity index (χ4n) is 5.90. The van der Waals surface area contributed by atoms with Crippen LogP contribution in [0.5, 0.6) is 0 Å². The Bertz CT molecular complexity index is 2280. The highest BCUT2D eigenvalue weighted by atomic mass is 16.3. The normalized spacial score (nSPS) is 11.5. The zero-order valence-corrected chi connectivity index (χ0v) is 21.5. The van der Waals surface area contributed by atoms with Gasteiger partial charge in [-0.05, 0) is 76.2 Å². The maximum atomic E-state index is 7.63. The quantitative estimate of drug-likeness (QED) is 0.217. The molecule has 0 saturated carbocycles. The Balaban J connectivity index is 1.35. The highest BCUT2D eigenvalue weighted by Crippen LogP contribution is 2.38. The number of fused-ring (bicyclic) bond motifs is 6. The number of aromatic nitrogens is 1. The molecule has 2 heterocycles. The van der Waals surface area contributed by atoms with Crippen LogP contribution in [0.3, 0.4) is 0 Å². The zero-order chi connectivity index (χ0) is 26.6. The molecular weight excluding hydrogens is 488 g/mol. The average Bonchev–Trinajstić information content (AvgIpc) is 3.56. The van der Waals surface area contributed by atoms with Gasteiger partial charge in [0.05, 0.1) is 17.6 Å². The van der Waals surface area contributed by atoms with Crippen LogP contribution in [0.25, 0.3) is 76.5 Å². The van der Waals surface area contributed by atoms with Crippen molar-refractivity contribution in [3.8, 4) is 27.9 Å². The van der Waals surface area contributed by atoms with Gasteiger partial charge in [-0.15, -0.1) is 0 Å². The van der Waals surface area contributed by atoms with Crippen LogP contribution in [-0.2, 0) is 0 Å². The molecule has 0 unspecified atom stereocenters. The van der Waals surface area contributed by atoms with Crippen molar-refractivity contribution in [2.45, 2.75) is 0 Å². The number of hydrogen-bond donors (Lipinski definition) is 0. The van der Waals surface area contributed by atoms with Gasteiger partial charge < -0.3 is 8.98 Å². The molecule has 2 aromatic heterocycles. The van der Waals surface area contributed by atoms with Gasteiger partial charge in [0.2, 0.25) is 0 Å². The lowest BCUT2D eigenvalue weighted by Crippen LogP contribution is -1.93. The third-order valence-electron chi connectivity index (χ3n) is 7.80. The van der Waals surface area contributed by atoms with Gasteiger partial charge >= 0.3 is 0 Å². The minimum Gasteiger partial charge on any atom is -0.456 e. The van der Waals surface area contributed by atoms with E-state index in [1.54, 1.807) is 0 Å². The molecule has 0 spiro atoms. The lowest BCUT2D eigenvalue weighted by atomic mass is 9.98. The Morgan fingerprint density at radius 1 is 0.475 bits per heavy atom. The summed E-state index contributed by atoms with van der Waals surface area (Å²) in [4.78, 5) is 3.73. The van der Waals surface area contributed by atoms with E-state index in [-0.39, 0.29) is 0 Å². The van der Waals surface area contributed by atoms with E-state index in [1.807, 2.05) is 36.4 Å². The first kappa shape index (κ1) is 22.4. The summed E-state index contributed by atoms with van der Waals surface area (Å²) in [5, 5.41) is 4.41. The smallest absolute Gasteiger partial charge is 0.188 e. The SMILES string of the molecule is [C-]#[N+]c1ccc2c(c1)c1cc(-c3cccc(-c4ccccc4)c3)ccc1n2-c1ccc2c(c1)oc1ccccc12. The molecule has 0 aliphatic carbocycles. The van der Waals surface area contributed by atoms with Gasteiger partial charge in [0, 0.05) is 27.9 Å². The van der Waals surface area contributed by atoms with E-state index >= 15 is 0 Å². The van der Waals surface area contributed by atoms with Gasteiger partial charge in [-0.2, -0.15) is 0 Å². The van der Waals surface area contributed by atoms with Gasteiger partial charge in [-0.25, -0.2) is 4.85 Å². The molecule has 0 amide bonds. The van der Waals surface area contributed by atoms with Gasteiger partial charge in [0.15, 0.2) is 5.69 Å². The summed E-state index contributed by atoms with van der Waals surface area (Å²) in [6.45, 7) is 7.63. The van der Waals surface area contributed by atoms with Crippen LogP contribution < -0.4 is 0 Å². The van der Waals surface area contributed by atoms with Crippen molar-refractivity contribution in [2.75, 3.05) is 0 Å². The monoisotopic (exact) mass is 510 g/mol. The molecule has 0 radical (unpaired) electrons. The number of para-hydroxylation sites is 1. The molecule has 0 aliphatic rings. The third kappa shape index (κ3) is 3.44. The van der Waals surface area contributed by atoms with E-state index in [1.165, 1.54) is 11.1 Å². The topological polar surface area (TPSA) is 22.4 Å². The van der Waals surface area contributed by atoms with Gasteiger partial charge in [0.1, 0.15) is 11.2 Å². The lowest BCUT2D eigenvalue weighted by molar-refractivity contribution is 0.668. The molecule has 3 heteroatoms. The Hall–Kier alpha value is -5.59. The van der Waals surface area contributed by atoms with Gasteiger partial charge in [-0.3, -0.25) is 0 Å². The van der Waals surface area contributed by atoms with Crippen LogP contribution in [0.4, 0.5) is 5.69 Å². The third-order valence-corrected chi connectivity index (χ3v) is 7.80. The van der Waals surface area contributed by atoms with Crippen LogP contribution in [0.2, 0.25) is 0 Å². The molecule has 0 saturated heterocycles. The summed E-state index contributed by atoms with van der Waals surface area (Å²) in [6, 6.07) is 46.3. The van der Waals surface area contributed by atoms with Crippen molar-refractivity contribution in [1.82, 2.24) is 4.57 Å². The highest BCUT2D eigenvalue weighted by Gasteiger charge is 2.16. The van der Waals surface area contributed by atoms with Crippen LogP contribution in [0.1, 0.15) is 0 Å². The van der Waals surface area contributed by atoms with Crippen LogP contribution in [-0.4, -0.2) is 4.57 Å². The minimum absolute atomic E-state index is 0.635. The first-order valence-electron chi connectivity index (χ1n) is 13.3. The molecule has 0 atom stereocenters. The Morgan fingerprint density at radius 2 is 1.15 bits per heavy atom. The van der Waals surface area contributed by atoms with Crippen LogP contribution in [0, 0.1) is 6.57 Å². The number of rotatable bonds is 3. The van der Waals surface area contributed by atoms with E-state index in [9.17, 15) is 0 Å². The molecule has 0 fully saturated rings. The predicted octanol–water partition coefficient (Wildman–Crippen LogP) is 10.6. The molecule has 0 N–H and O–H groups in total. The van der Waals surface area contributed by atoms with Crippen molar-refractivity contribution in [2.24, 2.45) is 0 Å². The molecule has 8 rings (SSSR count). The molecule has 40 heavy (non-hydrogen) atoms. The summed E-state index contributed by atoms with van der Waals surface area (Å²) in [5.74, 6) is 0. The minimum atomic E-state index is 0.635. The fourth-order valence-corrected chi connectivity index (χ4v) is 5.90. The van der Waals surface area contributed by atoms with Crippen LogP contribution in [0.15, 0.2) is 138 Å². The molecule has 186 valence electrons. The molecule has 6 aromatic carbocycles. The molecule has 3 nitrogen and oxygen atoms in total. The van der Waals surface area contributed by atoms with E-state index in [0.29, 0.717) is 5.69 Å². The summed E-state index contributed by atoms with van der Waals surface area (Å²) < 4.78 is 8.50. The number of nitrogens with zero attached hydrogens (tertiary/aromatic N) is 2. The number of hydrogen-bond acceptors (Lipinski definition) is 1. The van der Waals surface area contributed by atoms with Crippen molar-refractivity contribution in [3.05, 3.63) is 145 Å². The van der Waals surface area contributed by atoms with Gasteiger partial charge in [0.25, 0.3) is 0 Å². The summed E-state index contributed by atoms with van der Waals surface area (Å²) in [6.07, 6.45) is 0. The van der Waals surface area contributed by atoms with Crippen LogP contribution >= 0.6 is 0 Å². The first-order valence-corrected chi connectivity index (χ1v) is 13.3. The maximum absolute atomic E-state index is 7.63. The summed E-state index contributed by atoms with van der Waals surface area (Å²) >= 11 is 0. The zero-order valence-electron chi connectivity index (χ0n) is 21.5. The number of furan rings is 1. The van der Waals surface area contributed by atoms with Crippen molar-refractivity contribution >= 4 is 49.4 Å². The fraction of sp³-hybridized carbons (Fsp3) is 0. The van der Waals surface area contributed by atoms with E-state index in [4.69, 9.17) is 11.0 Å².